The molecule has 23 heavy (non-hydrogen) atoms. The van der Waals surface area contributed by atoms with Crippen molar-refractivity contribution in [2.75, 3.05) is 19.5 Å². The van der Waals surface area contributed by atoms with Gasteiger partial charge in [-0.05, 0) is 38.1 Å². The highest BCUT2D eigenvalue weighted by atomic mass is 16.5. The molecule has 2 aromatic rings. The molecule has 0 atom stereocenters. The van der Waals surface area contributed by atoms with Crippen LogP contribution in [-0.2, 0) is 25.6 Å². The van der Waals surface area contributed by atoms with Gasteiger partial charge >= 0.3 is 11.9 Å². The number of aryl methyl sites for hydroxylation is 2. The van der Waals surface area contributed by atoms with Crippen LogP contribution in [0.3, 0.4) is 0 Å². The maximum Gasteiger partial charge on any atom is 0.354 e. The zero-order valence-electron chi connectivity index (χ0n) is 13.7. The SMILES string of the molecule is CCn1c(C)cc2cc(N/C(=C/C(=O)OC)C(=O)OC)ccc21. The Morgan fingerprint density at radius 2 is 1.96 bits per heavy atom. The van der Waals surface area contributed by atoms with Gasteiger partial charge in [-0.15, -0.1) is 0 Å². The Labute approximate surface area is 134 Å². The van der Waals surface area contributed by atoms with Crippen molar-refractivity contribution in [3.63, 3.8) is 0 Å². The summed E-state index contributed by atoms with van der Waals surface area (Å²) in [5.41, 5.74) is 2.99. The van der Waals surface area contributed by atoms with Gasteiger partial charge in [-0.25, -0.2) is 9.59 Å². The topological polar surface area (TPSA) is 69.6 Å². The number of nitrogens with zero attached hydrogens (tertiary/aromatic N) is 1. The van der Waals surface area contributed by atoms with E-state index in [9.17, 15) is 9.59 Å². The van der Waals surface area contributed by atoms with Gasteiger partial charge in [0.15, 0.2) is 0 Å². The fraction of sp³-hybridized carbons (Fsp3) is 0.294. The van der Waals surface area contributed by atoms with Crippen LogP contribution >= 0.6 is 0 Å². The molecule has 0 bridgehead atoms. The largest absolute Gasteiger partial charge is 0.466 e. The zero-order chi connectivity index (χ0) is 17.0. The van der Waals surface area contributed by atoms with Crippen molar-refractivity contribution in [1.29, 1.82) is 0 Å². The van der Waals surface area contributed by atoms with E-state index in [-0.39, 0.29) is 5.70 Å². The third-order valence-electron chi connectivity index (χ3n) is 3.57. The van der Waals surface area contributed by atoms with E-state index in [0.717, 1.165) is 29.2 Å². The number of carbonyl (C=O) groups is 2. The molecule has 0 radical (unpaired) electrons. The summed E-state index contributed by atoms with van der Waals surface area (Å²) in [6, 6.07) is 7.82. The highest BCUT2D eigenvalue weighted by Crippen LogP contribution is 2.24. The van der Waals surface area contributed by atoms with Crippen molar-refractivity contribution in [2.24, 2.45) is 0 Å². The van der Waals surface area contributed by atoms with Crippen molar-refractivity contribution >= 4 is 28.5 Å². The number of rotatable bonds is 5. The third kappa shape index (κ3) is 3.53. The van der Waals surface area contributed by atoms with E-state index in [4.69, 9.17) is 0 Å². The highest BCUT2D eigenvalue weighted by molar-refractivity contribution is 5.99. The Kier molecular flexibility index (Phi) is 5.05. The molecule has 0 unspecified atom stereocenters. The Balaban J connectivity index is 2.37. The summed E-state index contributed by atoms with van der Waals surface area (Å²) in [7, 11) is 2.50. The lowest BCUT2D eigenvalue weighted by atomic mass is 10.2. The summed E-state index contributed by atoms with van der Waals surface area (Å²) in [5.74, 6) is -1.27. The van der Waals surface area contributed by atoms with E-state index in [0.29, 0.717) is 5.69 Å². The molecule has 0 fully saturated rings. The van der Waals surface area contributed by atoms with E-state index in [1.165, 1.54) is 14.2 Å². The van der Waals surface area contributed by atoms with Crippen LogP contribution in [0, 0.1) is 6.92 Å². The number of fused-ring (bicyclic) bond motifs is 1. The standard InChI is InChI=1S/C17H20N2O4/c1-5-19-11(2)8-12-9-13(6-7-15(12)19)18-14(17(21)23-4)10-16(20)22-3/h6-10,18H,5H2,1-4H3/b14-10+. The number of benzene rings is 1. The van der Waals surface area contributed by atoms with E-state index < -0.39 is 11.9 Å². The van der Waals surface area contributed by atoms with Crippen LogP contribution < -0.4 is 5.32 Å². The minimum absolute atomic E-state index is 0.0188. The molecule has 6 nitrogen and oxygen atoms in total. The van der Waals surface area contributed by atoms with Gasteiger partial charge in [0.05, 0.1) is 20.3 Å². The first-order chi connectivity index (χ1) is 11.0. The number of carbonyl (C=O) groups excluding carboxylic acids is 2. The molecule has 0 aliphatic heterocycles. The molecular weight excluding hydrogens is 296 g/mol. The fourth-order valence-electron chi connectivity index (χ4n) is 2.49. The second kappa shape index (κ2) is 7.00. The minimum atomic E-state index is -0.641. The molecule has 0 saturated heterocycles. The number of anilines is 1. The van der Waals surface area contributed by atoms with Crippen LogP contribution in [-0.4, -0.2) is 30.7 Å². The Hall–Kier alpha value is -2.76. The van der Waals surface area contributed by atoms with Crippen LogP contribution in [0.25, 0.3) is 10.9 Å². The lowest BCUT2D eigenvalue weighted by Crippen LogP contribution is -2.15. The average molecular weight is 316 g/mol. The second-order valence-electron chi connectivity index (χ2n) is 5.00. The van der Waals surface area contributed by atoms with Crippen LogP contribution in [0.5, 0.6) is 0 Å². The Morgan fingerprint density at radius 3 is 2.57 bits per heavy atom. The zero-order valence-corrected chi connectivity index (χ0v) is 13.7. The van der Waals surface area contributed by atoms with Gasteiger partial charge in [0, 0.05) is 28.8 Å². The lowest BCUT2D eigenvalue weighted by molar-refractivity contribution is -0.138. The molecule has 1 aromatic carbocycles. The predicted octanol–water partition coefficient (Wildman–Crippen LogP) is 2.61. The van der Waals surface area contributed by atoms with E-state index in [1.807, 2.05) is 25.1 Å². The van der Waals surface area contributed by atoms with Crippen molar-refractivity contribution in [3.05, 3.63) is 41.7 Å². The smallest absolute Gasteiger partial charge is 0.354 e. The quantitative estimate of drug-likeness (QED) is 0.678. The number of esters is 2. The van der Waals surface area contributed by atoms with Crippen LogP contribution in [0.1, 0.15) is 12.6 Å². The summed E-state index contributed by atoms with van der Waals surface area (Å²) in [5, 5.41) is 3.96. The molecule has 122 valence electrons. The lowest BCUT2D eigenvalue weighted by Gasteiger charge is -2.10. The molecule has 0 saturated carbocycles. The molecule has 1 N–H and O–H groups in total. The third-order valence-corrected chi connectivity index (χ3v) is 3.57. The van der Waals surface area contributed by atoms with E-state index in [1.54, 1.807) is 0 Å². The van der Waals surface area contributed by atoms with Gasteiger partial charge < -0.3 is 19.4 Å². The van der Waals surface area contributed by atoms with Crippen molar-refractivity contribution in [1.82, 2.24) is 4.57 Å². The maximum absolute atomic E-state index is 11.8. The normalized spacial score (nSPS) is 11.4. The van der Waals surface area contributed by atoms with Crippen molar-refractivity contribution in [2.45, 2.75) is 20.4 Å². The van der Waals surface area contributed by atoms with Crippen LogP contribution in [0.2, 0.25) is 0 Å². The van der Waals surface area contributed by atoms with Gasteiger partial charge in [-0.3, -0.25) is 0 Å². The fourth-order valence-corrected chi connectivity index (χ4v) is 2.49. The van der Waals surface area contributed by atoms with Crippen LogP contribution in [0.4, 0.5) is 5.69 Å². The molecule has 1 aromatic heterocycles. The monoisotopic (exact) mass is 316 g/mol. The minimum Gasteiger partial charge on any atom is -0.466 e. The van der Waals surface area contributed by atoms with E-state index >= 15 is 0 Å². The van der Waals surface area contributed by atoms with Crippen molar-refractivity contribution < 1.29 is 19.1 Å². The number of nitrogens with one attached hydrogen (secondary N) is 1. The molecule has 0 spiro atoms. The first-order valence-corrected chi connectivity index (χ1v) is 7.25. The summed E-state index contributed by atoms with van der Waals surface area (Å²) < 4.78 is 11.4. The van der Waals surface area contributed by atoms with Gasteiger partial charge in [-0.1, -0.05) is 0 Å². The number of methoxy groups -OCH3 is 2. The van der Waals surface area contributed by atoms with Gasteiger partial charge in [-0.2, -0.15) is 0 Å². The predicted molar refractivity (Wildman–Crippen MR) is 88.1 cm³/mol. The average Bonchev–Trinajstić information content (AvgIpc) is 2.87. The summed E-state index contributed by atoms with van der Waals surface area (Å²) in [4.78, 5) is 23.2. The molecular formula is C17H20N2O4. The summed E-state index contributed by atoms with van der Waals surface area (Å²) in [6.45, 7) is 5.03. The molecule has 0 aliphatic rings. The Morgan fingerprint density at radius 1 is 1.22 bits per heavy atom. The number of ether oxygens (including phenoxy) is 2. The molecule has 0 aliphatic carbocycles. The van der Waals surface area contributed by atoms with Crippen molar-refractivity contribution in [3.8, 4) is 0 Å². The molecule has 0 amide bonds. The Bertz CT molecular complexity index is 774. The van der Waals surface area contributed by atoms with Crippen LogP contribution in [0.15, 0.2) is 36.0 Å². The molecule has 6 heteroatoms. The first kappa shape index (κ1) is 16.6. The molecule has 1 heterocycles. The molecule has 2 rings (SSSR count). The number of aromatic nitrogens is 1. The number of hydrogen-bond acceptors (Lipinski definition) is 5. The highest BCUT2D eigenvalue weighted by Gasteiger charge is 2.13. The first-order valence-electron chi connectivity index (χ1n) is 7.25. The summed E-state index contributed by atoms with van der Waals surface area (Å²) in [6.07, 6.45) is 1.07. The van der Waals surface area contributed by atoms with Gasteiger partial charge in [0.2, 0.25) is 0 Å². The second-order valence-corrected chi connectivity index (χ2v) is 5.00. The number of hydrogen-bond donors (Lipinski definition) is 1. The van der Waals surface area contributed by atoms with E-state index in [2.05, 4.69) is 32.3 Å². The maximum atomic E-state index is 11.8. The van der Waals surface area contributed by atoms with Gasteiger partial charge in [0.1, 0.15) is 5.70 Å². The summed E-state index contributed by atoms with van der Waals surface area (Å²) >= 11 is 0. The van der Waals surface area contributed by atoms with Gasteiger partial charge in [0.25, 0.3) is 0 Å².